The molecule has 0 radical (unpaired) electrons. The molecule has 1 heterocycles. The van der Waals surface area contributed by atoms with E-state index in [-0.39, 0.29) is 18.2 Å². The Bertz CT molecular complexity index is 183. The van der Waals surface area contributed by atoms with Crippen molar-refractivity contribution in [2.45, 2.75) is 32.0 Å². The molecule has 0 N–H and O–H groups in total. The van der Waals surface area contributed by atoms with Crippen LogP contribution in [0.3, 0.4) is 0 Å². The molecule has 0 aromatic heterocycles. The average molecular weight is 234 g/mol. The molecule has 0 aromatic carbocycles. The highest BCUT2D eigenvalue weighted by molar-refractivity contribution is 5.69. The number of carbonyl (C=O) groups is 1. The van der Waals surface area contributed by atoms with Crippen LogP contribution < -0.4 is 0 Å². The zero-order valence-electron chi connectivity index (χ0n) is 10.5. The summed E-state index contributed by atoms with van der Waals surface area (Å²) in [5.74, 6) is -0.167. The lowest BCUT2D eigenvalue weighted by atomic mass is 10.2. The summed E-state index contributed by atoms with van der Waals surface area (Å²) in [6, 6.07) is 0. The predicted molar refractivity (Wildman–Crippen MR) is 59.3 cm³/mol. The Labute approximate surface area is 97.0 Å². The van der Waals surface area contributed by atoms with E-state index in [0.717, 1.165) is 6.42 Å². The molecule has 0 aliphatic carbocycles. The third-order valence-electron chi connectivity index (χ3n) is 2.02. The fourth-order valence-electron chi connectivity index (χ4n) is 1.28. The number of esters is 1. The Morgan fingerprint density at radius 2 is 1.81 bits per heavy atom. The quantitative estimate of drug-likeness (QED) is 0.679. The van der Waals surface area contributed by atoms with Crippen LogP contribution in [-0.4, -0.2) is 52.7 Å². The SMILES string of the molecule is CCCC(=O)OC1COCC1OC.COC. The van der Waals surface area contributed by atoms with Crippen LogP contribution in [0.5, 0.6) is 0 Å². The molecule has 96 valence electrons. The van der Waals surface area contributed by atoms with Crippen LogP contribution in [0, 0.1) is 0 Å². The van der Waals surface area contributed by atoms with Crippen molar-refractivity contribution < 1.29 is 23.7 Å². The summed E-state index contributed by atoms with van der Waals surface area (Å²) < 4.78 is 19.7. The van der Waals surface area contributed by atoms with E-state index in [0.29, 0.717) is 19.6 Å². The molecule has 5 heteroatoms. The van der Waals surface area contributed by atoms with Crippen molar-refractivity contribution in [2.24, 2.45) is 0 Å². The Balaban J connectivity index is 0.000000673. The maximum atomic E-state index is 11.1. The summed E-state index contributed by atoms with van der Waals surface area (Å²) in [7, 11) is 4.85. The second-order valence-corrected chi connectivity index (χ2v) is 3.50. The summed E-state index contributed by atoms with van der Waals surface area (Å²) in [5.41, 5.74) is 0. The van der Waals surface area contributed by atoms with Gasteiger partial charge < -0.3 is 18.9 Å². The van der Waals surface area contributed by atoms with E-state index < -0.39 is 0 Å². The lowest BCUT2D eigenvalue weighted by Crippen LogP contribution is -2.31. The Morgan fingerprint density at radius 3 is 2.31 bits per heavy atom. The van der Waals surface area contributed by atoms with Gasteiger partial charge >= 0.3 is 5.97 Å². The van der Waals surface area contributed by atoms with Gasteiger partial charge in [0.2, 0.25) is 0 Å². The number of carbonyl (C=O) groups excluding carboxylic acids is 1. The molecular weight excluding hydrogens is 212 g/mol. The smallest absolute Gasteiger partial charge is 0.306 e. The zero-order chi connectivity index (χ0) is 12.4. The molecule has 0 amide bonds. The molecule has 0 saturated carbocycles. The van der Waals surface area contributed by atoms with E-state index >= 15 is 0 Å². The van der Waals surface area contributed by atoms with Gasteiger partial charge in [-0.05, 0) is 6.42 Å². The molecular formula is C11H22O5. The van der Waals surface area contributed by atoms with Crippen molar-refractivity contribution in [3.8, 4) is 0 Å². The molecule has 1 rings (SSSR count). The minimum absolute atomic E-state index is 0.0965. The van der Waals surface area contributed by atoms with Crippen molar-refractivity contribution in [1.82, 2.24) is 0 Å². The molecule has 1 saturated heterocycles. The minimum atomic E-state index is -0.218. The fourth-order valence-corrected chi connectivity index (χ4v) is 1.28. The molecule has 0 spiro atoms. The second-order valence-electron chi connectivity index (χ2n) is 3.50. The van der Waals surface area contributed by atoms with Crippen LogP contribution in [0.2, 0.25) is 0 Å². The summed E-state index contributed by atoms with van der Waals surface area (Å²) >= 11 is 0. The summed E-state index contributed by atoms with van der Waals surface area (Å²) in [4.78, 5) is 11.1. The number of hydrogen-bond donors (Lipinski definition) is 0. The maximum absolute atomic E-state index is 11.1. The van der Waals surface area contributed by atoms with Crippen LogP contribution in [0.4, 0.5) is 0 Å². The molecule has 0 bridgehead atoms. The highest BCUT2D eigenvalue weighted by atomic mass is 16.6. The van der Waals surface area contributed by atoms with Crippen molar-refractivity contribution in [3.05, 3.63) is 0 Å². The summed E-state index contributed by atoms with van der Waals surface area (Å²) in [5, 5.41) is 0. The lowest BCUT2D eigenvalue weighted by Gasteiger charge is -2.16. The van der Waals surface area contributed by atoms with Gasteiger partial charge in [0.15, 0.2) is 6.10 Å². The van der Waals surface area contributed by atoms with Crippen LogP contribution in [0.25, 0.3) is 0 Å². The highest BCUT2D eigenvalue weighted by Gasteiger charge is 2.31. The van der Waals surface area contributed by atoms with Crippen LogP contribution in [0.15, 0.2) is 0 Å². The first kappa shape index (κ1) is 15.3. The molecule has 1 aliphatic heterocycles. The van der Waals surface area contributed by atoms with Gasteiger partial charge in [0.05, 0.1) is 13.2 Å². The van der Waals surface area contributed by atoms with Gasteiger partial charge in [-0.3, -0.25) is 4.79 Å². The van der Waals surface area contributed by atoms with Gasteiger partial charge in [-0.25, -0.2) is 0 Å². The van der Waals surface area contributed by atoms with Crippen LogP contribution in [0.1, 0.15) is 19.8 Å². The Morgan fingerprint density at radius 1 is 1.25 bits per heavy atom. The molecule has 1 fully saturated rings. The number of rotatable bonds is 4. The topological polar surface area (TPSA) is 54.0 Å². The van der Waals surface area contributed by atoms with E-state index in [9.17, 15) is 4.79 Å². The fraction of sp³-hybridized carbons (Fsp3) is 0.909. The largest absolute Gasteiger partial charge is 0.457 e. The van der Waals surface area contributed by atoms with Crippen molar-refractivity contribution in [3.63, 3.8) is 0 Å². The predicted octanol–water partition coefficient (Wildman–Crippen LogP) is 1.01. The molecule has 0 aromatic rings. The van der Waals surface area contributed by atoms with Gasteiger partial charge in [0, 0.05) is 27.8 Å². The monoisotopic (exact) mass is 234 g/mol. The first-order valence-electron chi connectivity index (χ1n) is 5.39. The lowest BCUT2D eigenvalue weighted by molar-refractivity contribution is -0.153. The normalized spacial score (nSPS) is 23.5. The summed E-state index contributed by atoms with van der Waals surface area (Å²) in [6.07, 6.45) is 0.960. The van der Waals surface area contributed by atoms with Gasteiger partial charge in [-0.1, -0.05) is 6.92 Å². The van der Waals surface area contributed by atoms with Crippen molar-refractivity contribution in [1.29, 1.82) is 0 Å². The van der Waals surface area contributed by atoms with Gasteiger partial charge in [0.1, 0.15) is 6.10 Å². The van der Waals surface area contributed by atoms with Crippen LogP contribution >= 0.6 is 0 Å². The Hall–Kier alpha value is -0.650. The van der Waals surface area contributed by atoms with Crippen molar-refractivity contribution >= 4 is 5.97 Å². The minimum Gasteiger partial charge on any atom is -0.457 e. The summed E-state index contributed by atoms with van der Waals surface area (Å²) in [6.45, 7) is 2.91. The van der Waals surface area contributed by atoms with Gasteiger partial charge in [0.25, 0.3) is 0 Å². The van der Waals surface area contributed by atoms with E-state index in [2.05, 4.69) is 4.74 Å². The molecule has 1 aliphatic rings. The first-order valence-corrected chi connectivity index (χ1v) is 5.39. The third kappa shape index (κ3) is 6.05. The Kier molecular flexibility index (Phi) is 9.18. The van der Waals surface area contributed by atoms with E-state index in [1.807, 2.05) is 6.92 Å². The van der Waals surface area contributed by atoms with E-state index in [1.54, 1.807) is 21.3 Å². The maximum Gasteiger partial charge on any atom is 0.306 e. The van der Waals surface area contributed by atoms with Crippen molar-refractivity contribution in [2.75, 3.05) is 34.5 Å². The zero-order valence-corrected chi connectivity index (χ0v) is 10.5. The average Bonchev–Trinajstić information content (AvgIpc) is 2.66. The van der Waals surface area contributed by atoms with Crippen LogP contribution in [-0.2, 0) is 23.7 Å². The number of methoxy groups -OCH3 is 2. The number of ether oxygens (including phenoxy) is 4. The van der Waals surface area contributed by atoms with E-state index in [4.69, 9.17) is 14.2 Å². The molecule has 5 nitrogen and oxygen atoms in total. The third-order valence-corrected chi connectivity index (χ3v) is 2.02. The molecule has 2 atom stereocenters. The standard InChI is InChI=1S/C9H16O4.C2H6O/c1-3-4-9(10)13-8-6-12-5-7(8)11-2;1-3-2/h7-8H,3-6H2,1-2H3;1-2H3. The second kappa shape index (κ2) is 9.57. The number of hydrogen-bond acceptors (Lipinski definition) is 5. The first-order chi connectivity index (χ1) is 7.69. The highest BCUT2D eigenvalue weighted by Crippen LogP contribution is 2.13. The van der Waals surface area contributed by atoms with E-state index in [1.165, 1.54) is 0 Å². The molecule has 16 heavy (non-hydrogen) atoms. The van der Waals surface area contributed by atoms with Gasteiger partial charge in [-0.15, -0.1) is 0 Å². The molecule has 2 unspecified atom stereocenters. The van der Waals surface area contributed by atoms with Gasteiger partial charge in [-0.2, -0.15) is 0 Å².